The quantitative estimate of drug-likeness (QED) is 0.209. The molecule has 0 aliphatic carbocycles. The van der Waals surface area contributed by atoms with E-state index >= 15 is 0 Å². The molecular weight excluding hydrogens is 443 g/mol. The van der Waals surface area contributed by atoms with E-state index in [0.717, 1.165) is 29.6 Å². The lowest BCUT2D eigenvalue weighted by Gasteiger charge is -2.27. The van der Waals surface area contributed by atoms with Crippen molar-refractivity contribution in [2.45, 2.75) is 13.3 Å². The summed E-state index contributed by atoms with van der Waals surface area (Å²) in [6.45, 7) is 2.30. The van der Waals surface area contributed by atoms with Gasteiger partial charge in [0, 0.05) is 0 Å². The van der Waals surface area contributed by atoms with Crippen molar-refractivity contribution in [2.75, 3.05) is 6.16 Å². The number of ether oxygens (including phenoxy) is 1. The van der Waals surface area contributed by atoms with Crippen molar-refractivity contribution in [3.8, 4) is 22.6 Å². The molecule has 5 rings (SSSR count). The van der Waals surface area contributed by atoms with Crippen molar-refractivity contribution < 1.29 is 4.74 Å². The minimum atomic E-state index is -1.80. The molecule has 0 unspecified atom stereocenters. The summed E-state index contributed by atoms with van der Waals surface area (Å²) in [5.74, 6) is 1.69. The molecule has 0 N–H and O–H groups in total. The Balaban J connectivity index is 1.61. The van der Waals surface area contributed by atoms with Crippen LogP contribution in [-0.2, 0) is 0 Å². The second-order valence-electron chi connectivity index (χ2n) is 8.70. The number of hydrogen-bond acceptors (Lipinski definition) is 1. The SMILES string of the molecule is CCC[P+](c1ccccc1)(c1ccccc1)c1cccc(-c2cccc(Oc3ccccc3)c2)c1. The number of para-hydroxylation sites is 1. The Morgan fingerprint density at radius 3 is 1.57 bits per heavy atom. The van der Waals surface area contributed by atoms with Gasteiger partial charge in [0.05, 0.1) is 6.16 Å². The molecule has 0 aliphatic rings. The van der Waals surface area contributed by atoms with Crippen LogP contribution in [0.3, 0.4) is 0 Å². The van der Waals surface area contributed by atoms with Crippen LogP contribution in [0.15, 0.2) is 140 Å². The van der Waals surface area contributed by atoms with Gasteiger partial charge < -0.3 is 4.74 Å². The van der Waals surface area contributed by atoms with Crippen LogP contribution in [0.2, 0.25) is 0 Å². The maximum atomic E-state index is 6.12. The lowest BCUT2D eigenvalue weighted by molar-refractivity contribution is 0.483. The molecule has 5 aromatic carbocycles. The third-order valence-electron chi connectivity index (χ3n) is 6.39. The number of hydrogen-bond donors (Lipinski definition) is 0. The third-order valence-corrected chi connectivity index (χ3v) is 11.0. The molecule has 5 aromatic rings. The Bertz CT molecular complexity index is 1320. The van der Waals surface area contributed by atoms with Crippen LogP contribution < -0.4 is 20.7 Å². The molecule has 0 aromatic heterocycles. The third kappa shape index (κ3) is 4.92. The van der Waals surface area contributed by atoms with Gasteiger partial charge in [0.2, 0.25) is 0 Å². The molecule has 0 fully saturated rings. The zero-order chi connectivity index (χ0) is 23.9. The van der Waals surface area contributed by atoms with Gasteiger partial charge in [-0.2, -0.15) is 0 Å². The zero-order valence-electron chi connectivity index (χ0n) is 20.0. The monoisotopic (exact) mass is 473 g/mol. The maximum absolute atomic E-state index is 6.12. The fourth-order valence-corrected chi connectivity index (χ4v) is 9.22. The fourth-order valence-electron chi connectivity index (χ4n) is 4.82. The van der Waals surface area contributed by atoms with Crippen molar-refractivity contribution in [3.63, 3.8) is 0 Å². The van der Waals surface area contributed by atoms with Crippen LogP contribution in [0.5, 0.6) is 11.5 Å². The standard InChI is InChI=1S/C33H30OP/c1-2-24-35(31-19-8-4-9-20-31,32-21-10-5-11-22-32)33-23-13-15-28(26-33)27-14-12-18-30(25-27)34-29-16-6-3-7-17-29/h3-23,25-26H,2,24H2,1H3/q+1. The largest absolute Gasteiger partial charge is 0.457 e. The second-order valence-corrected chi connectivity index (χ2v) is 12.3. The summed E-state index contributed by atoms with van der Waals surface area (Å²) < 4.78 is 6.12. The zero-order valence-corrected chi connectivity index (χ0v) is 20.9. The normalized spacial score (nSPS) is 11.2. The van der Waals surface area contributed by atoms with Crippen LogP contribution >= 0.6 is 7.26 Å². The van der Waals surface area contributed by atoms with Crippen molar-refractivity contribution in [2.24, 2.45) is 0 Å². The first-order valence-electron chi connectivity index (χ1n) is 12.2. The molecule has 0 radical (unpaired) electrons. The topological polar surface area (TPSA) is 9.23 Å². The lowest BCUT2D eigenvalue weighted by Crippen LogP contribution is -2.33. The molecule has 35 heavy (non-hydrogen) atoms. The highest BCUT2D eigenvalue weighted by Gasteiger charge is 2.44. The fraction of sp³-hybridized carbons (Fsp3) is 0.0909. The van der Waals surface area contributed by atoms with Gasteiger partial charge in [-0.15, -0.1) is 0 Å². The van der Waals surface area contributed by atoms with E-state index in [1.54, 1.807) is 0 Å². The van der Waals surface area contributed by atoms with Gasteiger partial charge in [0.25, 0.3) is 0 Å². The van der Waals surface area contributed by atoms with E-state index in [1.807, 2.05) is 36.4 Å². The Labute approximate surface area is 209 Å². The van der Waals surface area contributed by atoms with Crippen molar-refractivity contribution in [3.05, 3.63) is 140 Å². The molecule has 0 amide bonds. The molecule has 0 aliphatic heterocycles. The Morgan fingerprint density at radius 2 is 0.971 bits per heavy atom. The summed E-state index contributed by atoms with van der Waals surface area (Å²) >= 11 is 0. The summed E-state index contributed by atoms with van der Waals surface area (Å²) in [7, 11) is -1.80. The number of benzene rings is 5. The van der Waals surface area contributed by atoms with Crippen molar-refractivity contribution in [1.82, 2.24) is 0 Å². The van der Waals surface area contributed by atoms with Gasteiger partial charge in [0.15, 0.2) is 0 Å². The Hall–Kier alpha value is -3.67. The highest BCUT2D eigenvalue weighted by Crippen LogP contribution is 2.56. The minimum Gasteiger partial charge on any atom is -0.457 e. The molecular formula is C33H30OP+. The smallest absolute Gasteiger partial charge is 0.128 e. The summed E-state index contributed by atoms with van der Waals surface area (Å²) in [5.41, 5.74) is 2.38. The number of rotatable bonds is 8. The molecule has 0 spiro atoms. The van der Waals surface area contributed by atoms with Gasteiger partial charge in [-0.1, -0.05) is 85.8 Å². The molecule has 0 saturated heterocycles. The first-order valence-corrected chi connectivity index (χ1v) is 14.2. The predicted molar refractivity (Wildman–Crippen MR) is 152 cm³/mol. The van der Waals surface area contributed by atoms with Gasteiger partial charge in [-0.05, 0) is 78.2 Å². The van der Waals surface area contributed by atoms with Gasteiger partial charge in [-0.25, -0.2) is 0 Å². The first-order chi connectivity index (χ1) is 17.3. The average molecular weight is 474 g/mol. The predicted octanol–water partition coefficient (Wildman–Crippen LogP) is 7.85. The summed E-state index contributed by atoms with van der Waals surface area (Å²) in [4.78, 5) is 0. The molecule has 2 heteroatoms. The van der Waals surface area contributed by atoms with Crippen LogP contribution in [0.4, 0.5) is 0 Å². The highest BCUT2D eigenvalue weighted by atomic mass is 31.2. The maximum Gasteiger partial charge on any atom is 0.128 e. The molecule has 0 atom stereocenters. The Kier molecular flexibility index (Phi) is 7.07. The van der Waals surface area contributed by atoms with Gasteiger partial charge in [-0.3, -0.25) is 0 Å². The van der Waals surface area contributed by atoms with E-state index in [4.69, 9.17) is 4.74 Å². The first kappa shape index (κ1) is 23.1. The molecule has 0 heterocycles. The van der Waals surface area contributed by atoms with Gasteiger partial charge >= 0.3 is 0 Å². The van der Waals surface area contributed by atoms with E-state index in [1.165, 1.54) is 21.5 Å². The molecule has 0 saturated carbocycles. The van der Waals surface area contributed by atoms with E-state index in [9.17, 15) is 0 Å². The summed E-state index contributed by atoms with van der Waals surface area (Å²) in [6, 6.07) is 49.7. The van der Waals surface area contributed by atoms with E-state index in [2.05, 4.69) is 110 Å². The van der Waals surface area contributed by atoms with E-state index < -0.39 is 7.26 Å². The lowest BCUT2D eigenvalue weighted by atomic mass is 10.1. The van der Waals surface area contributed by atoms with Crippen LogP contribution in [0.25, 0.3) is 11.1 Å². The summed E-state index contributed by atoms with van der Waals surface area (Å²) in [6.07, 6.45) is 2.27. The van der Waals surface area contributed by atoms with E-state index in [-0.39, 0.29) is 0 Å². The molecule has 172 valence electrons. The van der Waals surface area contributed by atoms with Crippen molar-refractivity contribution in [1.29, 1.82) is 0 Å². The van der Waals surface area contributed by atoms with Gasteiger partial charge in [0.1, 0.15) is 34.7 Å². The van der Waals surface area contributed by atoms with E-state index in [0.29, 0.717) is 0 Å². The Morgan fingerprint density at radius 1 is 0.486 bits per heavy atom. The average Bonchev–Trinajstić information content (AvgIpc) is 2.93. The highest BCUT2D eigenvalue weighted by molar-refractivity contribution is 7.95. The minimum absolute atomic E-state index is 0.847. The second kappa shape index (κ2) is 10.7. The molecule has 0 bridgehead atoms. The van der Waals surface area contributed by atoms with Crippen LogP contribution in [-0.4, -0.2) is 6.16 Å². The molecule has 1 nitrogen and oxygen atoms in total. The van der Waals surface area contributed by atoms with Crippen LogP contribution in [0, 0.1) is 0 Å². The summed E-state index contributed by atoms with van der Waals surface area (Å²) in [5, 5.41) is 4.29. The van der Waals surface area contributed by atoms with Crippen LogP contribution in [0.1, 0.15) is 13.3 Å². The van der Waals surface area contributed by atoms with Crippen molar-refractivity contribution >= 4 is 23.2 Å².